The highest BCUT2D eigenvalue weighted by Crippen LogP contribution is 2.33. The Morgan fingerprint density at radius 1 is 1.50 bits per heavy atom. The summed E-state index contributed by atoms with van der Waals surface area (Å²) in [6.45, 7) is 0. The van der Waals surface area contributed by atoms with E-state index in [1.54, 1.807) is 0 Å². The molecule has 0 bridgehead atoms. The van der Waals surface area contributed by atoms with E-state index in [1.807, 2.05) is 0 Å². The first-order valence-electron chi connectivity index (χ1n) is 4.21. The molecule has 0 aliphatic rings. The van der Waals surface area contributed by atoms with E-state index in [4.69, 9.17) is 5.73 Å². The smallest absolute Gasteiger partial charge is 0.340 e. The van der Waals surface area contributed by atoms with E-state index >= 15 is 0 Å². The number of carbonyl (C=O) groups is 1. The molecule has 7 heteroatoms. The molecule has 16 heavy (non-hydrogen) atoms. The van der Waals surface area contributed by atoms with Crippen LogP contribution in [0.5, 0.6) is 5.88 Å². The van der Waals surface area contributed by atoms with E-state index in [0.717, 1.165) is 13.3 Å². The number of carbonyl (C=O) groups excluding carboxylic acids is 1. The number of alkyl halides is 2. The molecule has 0 aromatic carbocycles. The van der Waals surface area contributed by atoms with Gasteiger partial charge < -0.3 is 15.2 Å². The minimum Gasteiger partial charge on any atom is -0.481 e. The number of halogens is 2. The largest absolute Gasteiger partial charge is 0.481 e. The van der Waals surface area contributed by atoms with Crippen LogP contribution in [0.2, 0.25) is 0 Å². The molecular formula is C9H10F2N2O3. The maximum absolute atomic E-state index is 12.8. The van der Waals surface area contributed by atoms with Gasteiger partial charge in [0.05, 0.1) is 37.2 Å². The molecule has 0 atom stereocenters. The minimum absolute atomic E-state index is 0.178. The quantitative estimate of drug-likeness (QED) is 0.797. The van der Waals surface area contributed by atoms with E-state index in [9.17, 15) is 13.6 Å². The van der Waals surface area contributed by atoms with E-state index < -0.39 is 23.5 Å². The van der Waals surface area contributed by atoms with Gasteiger partial charge in [-0.3, -0.25) is 0 Å². The summed E-state index contributed by atoms with van der Waals surface area (Å²) in [4.78, 5) is 14.9. The highest BCUT2D eigenvalue weighted by Gasteiger charge is 2.27. The van der Waals surface area contributed by atoms with Gasteiger partial charge in [0.2, 0.25) is 5.88 Å². The predicted molar refractivity (Wildman–Crippen MR) is 51.5 cm³/mol. The Labute approximate surface area is 90.2 Å². The standard InChI is InChI=1S/C9H10F2N2O3/c1-15-8-6(7(10)11)5(9(14)16-2)4(12)3-13-8/h3,7H,12H2,1-2H3. The van der Waals surface area contributed by atoms with Gasteiger partial charge in [0.25, 0.3) is 6.43 Å². The van der Waals surface area contributed by atoms with Crippen molar-refractivity contribution in [1.82, 2.24) is 4.98 Å². The molecule has 0 aliphatic heterocycles. The molecule has 0 unspecified atom stereocenters. The zero-order chi connectivity index (χ0) is 12.3. The number of nitrogen functional groups attached to an aromatic ring is 1. The van der Waals surface area contributed by atoms with Gasteiger partial charge >= 0.3 is 5.97 Å². The molecule has 1 rings (SSSR count). The first-order valence-corrected chi connectivity index (χ1v) is 4.21. The lowest BCUT2D eigenvalue weighted by Gasteiger charge is -2.12. The third-order valence-corrected chi connectivity index (χ3v) is 1.91. The summed E-state index contributed by atoms with van der Waals surface area (Å²) < 4.78 is 34.6. The fourth-order valence-corrected chi connectivity index (χ4v) is 1.22. The van der Waals surface area contributed by atoms with Crippen molar-refractivity contribution in [2.45, 2.75) is 6.43 Å². The number of methoxy groups -OCH3 is 2. The number of aromatic nitrogens is 1. The first-order chi connectivity index (χ1) is 7.52. The maximum Gasteiger partial charge on any atom is 0.340 e. The number of hydrogen-bond donors (Lipinski definition) is 1. The van der Waals surface area contributed by atoms with Crippen LogP contribution in [0.25, 0.3) is 0 Å². The van der Waals surface area contributed by atoms with Crippen molar-refractivity contribution in [3.05, 3.63) is 17.3 Å². The van der Waals surface area contributed by atoms with E-state index in [-0.39, 0.29) is 11.6 Å². The van der Waals surface area contributed by atoms with E-state index in [2.05, 4.69) is 14.5 Å². The lowest BCUT2D eigenvalue weighted by atomic mass is 10.1. The zero-order valence-corrected chi connectivity index (χ0v) is 8.66. The molecule has 88 valence electrons. The zero-order valence-electron chi connectivity index (χ0n) is 8.66. The van der Waals surface area contributed by atoms with Crippen molar-refractivity contribution < 1.29 is 23.0 Å². The van der Waals surface area contributed by atoms with Gasteiger partial charge in [0, 0.05) is 0 Å². The first kappa shape index (κ1) is 12.2. The van der Waals surface area contributed by atoms with Crippen LogP contribution >= 0.6 is 0 Å². The van der Waals surface area contributed by atoms with Gasteiger partial charge in [-0.15, -0.1) is 0 Å². The molecule has 1 aromatic heterocycles. The van der Waals surface area contributed by atoms with Crippen LogP contribution < -0.4 is 10.5 Å². The Morgan fingerprint density at radius 2 is 2.12 bits per heavy atom. The Bertz CT molecular complexity index is 410. The summed E-state index contributed by atoms with van der Waals surface area (Å²) >= 11 is 0. The molecular weight excluding hydrogens is 222 g/mol. The molecule has 0 saturated heterocycles. The summed E-state index contributed by atoms with van der Waals surface area (Å²) in [6, 6.07) is 0. The second kappa shape index (κ2) is 4.73. The highest BCUT2D eigenvalue weighted by atomic mass is 19.3. The Kier molecular flexibility index (Phi) is 3.60. The van der Waals surface area contributed by atoms with Crippen LogP contribution in [0.15, 0.2) is 6.20 Å². The summed E-state index contributed by atoms with van der Waals surface area (Å²) in [5.74, 6) is -1.29. The number of anilines is 1. The van der Waals surface area contributed by atoms with Crippen LogP contribution in [0, 0.1) is 0 Å². The average Bonchev–Trinajstić information content (AvgIpc) is 2.27. The summed E-state index contributed by atoms with van der Waals surface area (Å²) in [7, 11) is 2.25. The van der Waals surface area contributed by atoms with Crippen LogP contribution in [-0.4, -0.2) is 25.2 Å². The number of hydrogen-bond acceptors (Lipinski definition) is 5. The van der Waals surface area contributed by atoms with E-state index in [0.29, 0.717) is 0 Å². The lowest BCUT2D eigenvalue weighted by molar-refractivity contribution is 0.0588. The van der Waals surface area contributed by atoms with Gasteiger partial charge in [-0.25, -0.2) is 18.6 Å². The van der Waals surface area contributed by atoms with E-state index in [1.165, 1.54) is 7.11 Å². The summed E-state index contributed by atoms with van der Waals surface area (Å²) in [5, 5.41) is 0. The molecule has 5 nitrogen and oxygen atoms in total. The Balaban J connectivity index is 3.48. The summed E-state index contributed by atoms with van der Waals surface area (Å²) in [6.07, 6.45) is -1.86. The van der Waals surface area contributed by atoms with Crippen LogP contribution in [-0.2, 0) is 4.74 Å². The average molecular weight is 232 g/mol. The second-order valence-corrected chi connectivity index (χ2v) is 2.80. The second-order valence-electron chi connectivity index (χ2n) is 2.80. The molecule has 1 aromatic rings. The number of nitrogens with zero attached hydrogens (tertiary/aromatic N) is 1. The lowest BCUT2D eigenvalue weighted by Crippen LogP contribution is -2.12. The third-order valence-electron chi connectivity index (χ3n) is 1.91. The minimum atomic E-state index is -2.93. The monoisotopic (exact) mass is 232 g/mol. The molecule has 0 amide bonds. The third kappa shape index (κ3) is 2.02. The number of nitrogens with two attached hydrogens (primary N) is 1. The van der Waals surface area contributed by atoms with Crippen molar-refractivity contribution in [2.75, 3.05) is 20.0 Å². The van der Waals surface area contributed by atoms with Crippen molar-refractivity contribution in [2.24, 2.45) is 0 Å². The Hall–Kier alpha value is -1.92. The van der Waals surface area contributed by atoms with Crippen LogP contribution in [0.1, 0.15) is 22.3 Å². The number of rotatable bonds is 3. The normalized spacial score (nSPS) is 10.3. The number of ether oxygens (including phenoxy) is 2. The van der Waals surface area contributed by atoms with Crippen LogP contribution in [0.3, 0.4) is 0 Å². The number of pyridine rings is 1. The predicted octanol–water partition coefficient (Wildman–Crippen LogP) is 1.40. The molecule has 2 N–H and O–H groups in total. The van der Waals surface area contributed by atoms with Crippen molar-refractivity contribution in [3.63, 3.8) is 0 Å². The van der Waals surface area contributed by atoms with Gasteiger partial charge in [0.15, 0.2) is 0 Å². The molecule has 0 saturated carbocycles. The highest BCUT2D eigenvalue weighted by molar-refractivity contribution is 5.97. The SMILES string of the molecule is COC(=O)c1c(N)cnc(OC)c1C(F)F. The molecule has 0 radical (unpaired) electrons. The van der Waals surface area contributed by atoms with Crippen molar-refractivity contribution in [3.8, 4) is 5.88 Å². The van der Waals surface area contributed by atoms with Gasteiger partial charge in [-0.1, -0.05) is 0 Å². The fraction of sp³-hybridized carbons (Fsp3) is 0.333. The van der Waals surface area contributed by atoms with Gasteiger partial charge in [-0.05, 0) is 0 Å². The molecule has 0 fully saturated rings. The van der Waals surface area contributed by atoms with Gasteiger partial charge in [0.1, 0.15) is 0 Å². The maximum atomic E-state index is 12.8. The topological polar surface area (TPSA) is 74.4 Å². The van der Waals surface area contributed by atoms with Gasteiger partial charge in [-0.2, -0.15) is 0 Å². The Morgan fingerprint density at radius 3 is 2.56 bits per heavy atom. The van der Waals surface area contributed by atoms with Crippen molar-refractivity contribution in [1.29, 1.82) is 0 Å². The van der Waals surface area contributed by atoms with Crippen molar-refractivity contribution >= 4 is 11.7 Å². The molecule has 1 heterocycles. The van der Waals surface area contributed by atoms with Crippen LogP contribution in [0.4, 0.5) is 14.5 Å². The fourth-order valence-electron chi connectivity index (χ4n) is 1.22. The number of esters is 1. The summed E-state index contributed by atoms with van der Waals surface area (Å²) in [5.41, 5.74) is 4.16. The molecule has 0 aliphatic carbocycles. The molecule has 0 spiro atoms.